The molecular formula is C30H56. The van der Waals surface area contributed by atoms with Crippen LogP contribution in [0.2, 0.25) is 0 Å². The Balaban J connectivity index is 1.23. The van der Waals surface area contributed by atoms with Crippen LogP contribution < -0.4 is 0 Å². The number of hydrogen-bond acceptors (Lipinski definition) is 0. The van der Waals surface area contributed by atoms with E-state index in [1.165, 1.54) is 51.4 Å². The maximum Gasteiger partial charge on any atom is -0.0386 e. The van der Waals surface area contributed by atoms with Crippen molar-refractivity contribution in [3.8, 4) is 0 Å². The van der Waals surface area contributed by atoms with Crippen molar-refractivity contribution in [1.82, 2.24) is 0 Å². The van der Waals surface area contributed by atoms with E-state index in [0.29, 0.717) is 0 Å². The average Bonchev–Trinajstić information content (AvgIpc) is 2.80. The molecule has 3 aliphatic carbocycles. The lowest BCUT2D eigenvalue weighted by Crippen LogP contribution is -2.26. The van der Waals surface area contributed by atoms with Crippen LogP contribution in [-0.4, -0.2) is 0 Å². The van der Waals surface area contributed by atoms with Gasteiger partial charge in [0, 0.05) is 0 Å². The third kappa shape index (κ3) is 8.50. The van der Waals surface area contributed by atoms with E-state index >= 15 is 0 Å². The maximum atomic E-state index is 2.34. The Hall–Kier alpha value is 0. The predicted molar refractivity (Wildman–Crippen MR) is 134 cm³/mol. The molecular weight excluding hydrogens is 360 g/mol. The van der Waals surface area contributed by atoms with Crippen molar-refractivity contribution in [1.29, 1.82) is 0 Å². The minimum atomic E-state index is 1.09. The highest BCUT2D eigenvalue weighted by Crippen LogP contribution is 2.44. The molecule has 3 rings (SSSR count). The average molecular weight is 417 g/mol. The van der Waals surface area contributed by atoms with E-state index < -0.39 is 0 Å². The molecule has 0 aromatic carbocycles. The van der Waals surface area contributed by atoms with Crippen molar-refractivity contribution in [3.63, 3.8) is 0 Å². The first-order valence-corrected chi connectivity index (χ1v) is 14.8. The van der Waals surface area contributed by atoms with Gasteiger partial charge in [-0.1, -0.05) is 129 Å². The first-order valence-electron chi connectivity index (χ1n) is 14.8. The van der Waals surface area contributed by atoms with Gasteiger partial charge in [-0.2, -0.15) is 0 Å². The zero-order valence-electron chi connectivity index (χ0n) is 21.0. The minimum absolute atomic E-state index is 1.09. The molecule has 0 aromatic heterocycles. The van der Waals surface area contributed by atoms with Crippen LogP contribution >= 0.6 is 0 Å². The van der Waals surface area contributed by atoms with Crippen molar-refractivity contribution >= 4 is 0 Å². The van der Waals surface area contributed by atoms with E-state index in [2.05, 4.69) is 13.8 Å². The van der Waals surface area contributed by atoms with Crippen LogP contribution in [0.5, 0.6) is 0 Å². The summed E-state index contributed by atoms with van der Waals surface area (Å²) in [5.41, 5.74) is 0. The van der Waals surface area contributed by atoms with E-state index in [1.54, 1.807) is 89.9 Å². The van der Waals surface area contributed by atoms with Crippen molar-refractivity contribution in [2.75, 3.05) is 0 Å². The molecule has 0 N–H and O–H groups in total. The molecule has 0 heteroatoms. The third-order valence-corrected chi connectivity index (χ3v) is 9.83. The summed E-state index contributed by atoms with van der Waals surface area (Å²) in [6.45, 7) is 4.68. The van der Waals surface area contributed by atoms with E-state index in [0.717, 1.165) is 35.5 Å². The minimum Gasteiger partial charge on any atom is -0.0654 e. The largest absolute Gasteiger partial charge is 0.0654 e. The molecule has 176 valence electrons. The monoisotopic (exact) mass is 416 g/mol. The fourth-order valence-electron chi connectivity index (χ4n) is 7.54. The Morgan fingerprint density at radius 1 is 0.367 bits per heavy atom. The molecule has 0 atom stereocenters. The van der Waals surface area contributed by atoms with Crippen LogP contribution in [0.1, 0.15) is 155 Å². The molecule has 0 unspecified atom stereocenters. The van der Waals surface area contributed by atoms with E-state index in [1.807, 2.05) is 0 Å². The summed E-state index contributed by atoms with van der Waals surface area (Å²) in [6.07, 6.45) is 33.7. The van der Waals surface area contributed by atoms with Crippen molar-refractivity contribution in [2.45, 2.75) is 155 Å². The number of unbranched alkanes of at least 4 members (excludes halogenated alkanes) is 4. The molecule has 3 fully saturated rings. The summed E-state index contributed by atoms with van der Waals surface area (Å²) < 4.78 is 0. The molecule has 0 aliphatic heterocycles. The Kier molecular flexibility index (Phi) is 11.7. The van der Waals surface area contributed by atoms with Gasteiger partial charge in [-0.05, 0) is 61.2 Å². The van der Waals surface area contributed by atoms with Crippen LogP contribution in [0.4, 0.5) is 0 Å². The Morgan fingerprint density at radius 2 is 0.667 bits per heavy atom. The highest BCUT2D eigenvalue weighted by molar-refractivity contribution is 4.83. The molecule has 3 aliphatic rings. The molecule has 3 saturated carbocycles. The molecule has 0 saturated heterocycles. The zero-order chi connectivity index (χ0) is 21.0. The zero-order valence-corrected chi connectivity index (χ0v) is 21.0. The van der Waals surface area contributed by atoms with Crippen molar-refractivity contribution < 1.29 is 0 Å². The lowest BCUT2D eigenvalue weighted by Gasteiger charge is -2.38. The fourth-order valence-corrected chi connectivity index (χ4v) is 7.54. The molecule has 0 radical (unpaired) electrons. The predicted octanol–water partition coefficient (Wildman–Crippen LogP) is 10.3. The van der Waals surface area contributed by atoms with Gasteiger partial charge in [-0.15, -0.1) is 0 Å². The van der Waals surface area contributed by atoms with Crippen LogP contribution in [0.25, 0.3) is 0 Å². The maximum absolute atomic E-state index is 2.34. The second-order valence-electron chi connectivity index (χ2n) is 12.0. The summed E-state index contributed by atoms with van der Waals surface area (Å²) in [4.78, 5) is 0. The summed E-state index contributed by atoms with van der Waals surface area (Å²) in [6, 6.07) is 0. The van der Waals surface area contributed by atoms with Gasteiger partial charge < -0.3 is 0 Å². The second-order valence-corrected chi connectivity index (χ2v) is 12.0. The van der Waals surface area contributed by atoms with Gasteiger partial charge in [-0.3, -0.25) is 0 Å². The van der Waals surface area contributed by atoms with Gasteiger partial charge in [0.25, 0.3) is 0 Å². The molecule has 0 spiro atoms. The van der Waals surface area contributed by atoms with Crippen LogP contribution in [-0.2, 0) is 0 Å². The number of rotatable bonds is 12. The molecule has 0 bridgehead atoms. The van der Waals surface area contributed by atoms with Gasteiger partial charge in [0.1, 0.15) is 0 Å². The second kappa shape index (κ2) is 14.2. The van der Waals surface area contributed by atoms with E-state index in [9.17, 15) is 0 Å². The molecule has 0 heterocycles. The summed E-state index contributed by atoms with van der Waals surface area (Å²) >= 11 is 0. The normalized spacial score (nSPS) is 35.4. The highest BCUT2D eigenvalue weighted by Gasteiger charge is 2.31. The summed E-state index contributed by atoms with van der Waals surface area (Å²) in [5, 5.41) is 0. The number of hydrogen-bond donors (Lipinski definition) is 0. The third-order valence-electron chi connectivity index (χ3n) is 9.83. The lowest BCUT2D eigenvalue weighted by molar-refractivity contribution is 0.135. The Bertz CT molecular complexity index is 402. The Labute approximate surface area is 190 Å². The SMILES string of the molecule is CCCCCC1CCC(CCC2CCC(C3CCC(CCCCC)CC3)CC2)CC1. The van der Waals surface area contributed by atoms with Gasteiger partial charge >= 0.3 is 0 Å². The van der Waals surface area contributed by atoms with E-state index in [-0.39, 0.29) is 0 Å². The smallest absolute Gasteiger partial charge is 0.0386 e. The van der Waals surface area contributed by atoms with E-state index in [4.69, 9.17) is 0 Å². The highest BCUT2D eigenvalue weighted by atomic mass is 14.4. The van der Waals surface area contributed by atoms with Crippen LogP contribution in [0.15, 0.2) is 0 Å². The first kappa shape index (κ1) is 24.6. The fraction of sp³-hybridized carbons (Fsp3) is 1.00. The molecule has 30 heavy (non-hydrogen) atoms. The molecule has 0 amide bonds. The summed E-state index contributed by atoms with van der Waals surface area (Å²) in [7, 11) is 0. The topological polar surface area (TPSA) is 0 Å². The summed E-state index contributed by atoms with van der Waals surface area (Å²) in [5.74, 6) is 6.57. The van der Waals surface area contributed by atoms with Gasteiger partial charge in [0.15, 0.2) is 0 Å². The van der Waals surface area contributed by atoms with Crippen molar-refractivity contribution in [2.24, 2.45) is 35.5 Å². The first-order chi connectivity index (χ1) is 14.8. The molecule has 0 nitrogen and oxygen atoms in total. The molecule has 0 aromatic rings. The van der Waals surface area contributed by atoms with Gasteiger partial charge in [0.05, 0.1) is 0 Å². The Morgan fingerprint density at radius 3 is 1.00 bits per heavy atom. The van der Waals surface area contributed by atoms with Gasteiger partial charge in [-0.25, -0.2) is 0 Å². The standard InChI is InChI=1S/C30H56/c1-3-5-7-9-25-11-13-27(14-12-25)15-16-28-19-23-30(24-20-28)29-21-17-26(18-22-29)10-8-6-4-2/h25-30H,3-24H2,1-2H3. The lowest BCUT2D eigenvalue weighted by atomic mass is 9.68. The van der Waals surface area contributed by atoms with Crippen LogP contribution in [0.3, 0.4) is 0 Å². The quantitative estimate of drug-likeness (QED) is 0.277. The van der Waals surface area contributed by atoms with Crippen LogP contribution in [0, 0.1) is 35.5 Å². The van der Waals surface area contributed by atoms with Crippen molar-refractivity contribution in [3.05, 3.63) is 0 Å². The van der Waals surface area contributed by atoms with Gasteiger partial charge in [0.2, 0.25) is 0 Å².